The Balaban J connectivity index is 1.96. The number of nitrogens with one attached hydrogen (secondary N) is 2. The van der Waals surface area contributed by atoms with Crippen LogP contribution in [-0.2, 0) is 16.6 Å². The van der Waals surface area contributed by atoms with E-state index in [4.69, 9.17) is 0 Å². The van der Waals surface area contributed by atoms with E-state index in [2.05, 4.69) is 30.8 Å². The third kappa shape index (κ3) is 4.77. The summed E-state index contributed by atoms with van der Waals surface area (Å²) in [7, 11) is -3.37. The van der Waals surface area contributed by atoms with E-state index in [-0.39, 0.29) is 11.5 Å². The second-order valence-electron chi connectivity index (χ2n) is 6.65. The third-order valence-corrected chi connectivity index (χ3v) is 6.54. The summed E-state index contributed by atoms with van der Waals surface area (Å²) < 4.78 is 27.7. The maximum Gasteiger partial charge on any atom is 0.241 e. The topological polar surface area (TPSA) is 58.2 Å². The van der Waals surface area contributed by atoms with E-state index in [1.54, 1.807) is 11.4 Å². The normalized spacial score (nSPS) is 21.8. The van der Waals surface area contributed by atoms with Gasteiger partial charge in [0.15, 0.2) is 0 Å². The number of thiophene rings is 1. The van der Waals surface area contributed by atoms with Crippen LogP contribution in [0.25, 0.3) is 0 Å². The summed E-state index contributed by atoms with van der Waals surface area (Å²) in [6.07, 6.45) is 4.01. The Morgan fingerprint density at radius 2 is 2.19 bits per heavy atom. The first-order chi connectivity index (χ1) is 9.82. The molecule has 0 spiro atoms. The fourth-order valence-electron chi connectivity index (χ4n) is 2.81. The zero-order chi connectivity index (χ0) is 15.5. The van der Waals surface area contributed by atoms with Crippen molar-refractivity contribution >= 4 is 21.4 Å². The number of hydrogen-bond donors (Lipinski definition) is 2. The summed E-state index contributed by atoms with van der Waals surface area (Å²) in [5.74, 6) is 0. The summed E-state index contributed by atoms with van der Waals surface area (Å²) in [4.78, 5) is 1.47. The molecule has 1 heterocycles. The van der Waals surface area contributed by atoms with Crippen molar-refractivity contribution in [3.8, 4) is 0 Å². The molecule has 21 heavy (non-hydrogen) atoms. The Labute approximate surface area is 132 Å². The zero-order valence-corrected chi connectivity index (χ0v) is 14.7. The predicted octanol–water partition coefficient (Wildman–Crippen LogP) is 3.10. The van der Waals surface area contributed by atoms with Gasteiger partial charge in [0.05, 0.1) is 4.90 Å². The molecule has 0 aliphatic heterocycles. The Morgan fingerprint density at radius 1 is 1.43 bits per heavy atom. The summed E-state index contributed by atoms with van der Waals surface area (Å²) in [5, 5.41) is 5.04. The van der Waals surface area contributed by atoms with Crippen molar-refractivity contribution < 1.29 is 8.42 Å². The lowest BCUT2D eigenvalue weighted by molar-refractivity contribution is 0.372. The van der Waals surface area contributed by atoms with Gasteiger partial charge in [-0.2, -0.15) is 0 Å². The van der Waals surface area contributed by atoms with Crippen molar-refractivity contribution in [3.05, 3.63) is 16.3 Å². The summed E-state index contributed by atoms with van der Waals surface area (Å²) in [5.41, 5.74) is 0.247. The molecule has 1 aliphatic carbocycles. The minimum absolute atomic E-state index is 0.0755. The highest BCUT2D eigenvalue weighted by Gasteiger charge is 2.33. The molecule has 1 fully saturated rings. The number of sulfonamides is 1. The van der Waals surface area contributed by atoms with Crippen molar-refractivity contribution in [1.82, 2.24) is 10.0 Å². The second kappa shape index (κ2) is 6.77. The molecule has 1 aromatic rings. The van der Waals surface area contributed by atoms with E-state index in [0.717, 1.165) is 43.6 Å². The van der Waals surface area contributed by atoms with E-state index in [0.29, 0.717) is 4.90 Å². The summed E-state index contributed by atoms with van der Waals surface area (Å²) in [6, 6.07) is 1.86. The number of hydrogen-bond acceptors (Lipinski definition) is 4. The first-order valence-electron chi connectivity index (χ1n) is 7.63. The maximum atomic E-state index is 12.4. The van der Waals surface area contributed by atoms with Crippen molar-refractivity contribution in [2.45, 2.75) is 63.9 Å². The number of rotatable bonds is 7. The molecule has 0 radical (unpaired) electrons. The van der Waals surface area contributed by atoms with Crippen LogP contribution in [0.2, 0.25) is 0 Å². The van der Waals surface area contributed by atoms with Crippen LogP contribution in [0, 0.1) is 5.41 Å². The van der Waals surface area contributed by atoms with Gasteiger partial charge in [0.2, 0.25) is 10.0 Å². The molecule has 1 unspecified atom stereocenters. The first kappa shape index (κ1) is 16.9. The highest BCUT2D eigenvalue weighted by molar-refractivity contribution is 7.89. The van der Waals surface area contributed by atoms with Crippen molar-refractivity contribution in [2.75, 3.05) is 6.54 Å². The average molecular weight is 331 g/mol. The van der Waals surface area contributed by atoms with Crippen LogP contribution in [0.4, 0.5) is 0 Å². The average Bonchev–Trinajstić information content (AvgIpc) is 2.97. The van der Waals surface area contributed by atoms with Gasteiger partial charge >= 0.3 is 0 Å². The molecular weight excluding hydrogens is 304 g/mol. The standard InChI is InChI=1S/C15H26N2O2S2/c1-4-7-16-10-13-8-14(11-20-13)21(18,19)17-12-5-6-15(2,3)9-12/h8,11-12,16-17H,4-7,9-10H2,1-3H3. The van der Waals surface area contributed by atoms with Gasteiger partial charge in [-0.3, -0.25) is 0 Å². The molecule has 1 aromatic heterocycles. The minimum Gasteiger partial charge on any atom is -0.312 e. The van der Waals surface area contributed by atoms with Gasteiger partial charge in [0.1, 0.15) is 0 Å². The SMILES string of the molecule is CCCNCc1cc(S(=O)(=O)NC2CCC(C)(C)C2)cs1. The highest BCUT2D eigenvalue weighted by atomic mass is 32.2. The van der Waals surface area contributed by atoms with Crippen LogP contribution in [0.3, 0.4) is 0 Å². The summed E-state index contributed by atoms with van der Waals surface area (Å²) in [6.45, 7) is 8.21. The quantitative estimate of drug-likeness (QED) is 0.755. The highest BCUT2D eigenvalue weighted by Crippen LogP contribution is 2.37. The summed E-state index contributed by atoms with van der Waals surface area (Å²) >= 11 is 1.50. The van der Waals surface area contributed by atoms with Gasteiger partial charge in [0.25, 0.3) is 0 Å². The molecule has 2 N–H and O–H groups in total. The van der Waals surface area contributed by atoms with Crippen molar-refractivity contribution in [3.63, 3.8) is 0 Å². The minimum atomic E-state index is -3.37. The molecule has 0 amide bonds. The molecule has 0 aromatic carbocycles. The molecule has 1 aliphatic rings. The van der Waals surface area contributed by atoms with Crippen LogP contribution < -0.4 is 10.0 Å². The Bertz CT molecular complexity index is 564. The zero-order valence-electron chi connectivity index (χ0n) is 13.1. The van der Waals surface area contributed by atoms with Gasteiger partial charge in [0, 0.05) is 22.8 Å². The second-order valence-corrected chi connectivity index (χ2v) is 9.36. The molecule has 0 bridgehead atoms. The molecule has 1 saturated carbocycles. The Hall–Kier alpha value is -0.430. The fourth-order valence-corrected chi connectivity index (χ4v) is 5.32. The van der Waals surface area contributed by atoms with Gasteiger partial charge in [-0.25, -0.2) is 13.1 Å². The maximum absolute atomic E-state index is 12.4. The van der Waals surface area contributed by atoms with E-state index < -0.39 is 10.0 Å². The van der Waals surface area contributed by atoms with Gasteiger partial charge in [-0.15, -0.1) is 11.3 Å². The largest absolute Gasteiger partial charge is 0.312 e. The molecule has 0 saturated heterocycles. The lowest BCUT2D eigenvalue weighted by Gasteiger charge is -2.17. The molecule has 2 rings (SSSR count). The lowest BCUT2D eigenvalue weighted by atomic mass is 9.92. The lowest BCUT2D eigenvalue weighted by Crippen LogP contribution is -2.33. The van der Waals surface area contributed by atoms with Crippen LogP contribution in [0.5, 0.6) is 0 Å². The van der Waals surface area contributed by atoms with Gasteiger partial charge < -0.3 is 5.32 Å². The van der Waals surface area contributed by atoms with Gasteiger partial charge in [-0.05, 0) is 43.7 Å². The van der Waals surface area contributed by atoms with E-state index >= 15 is 0 Å². The van der Waals surface area contributed by atoms with Crippen molar-refractivity contribution in [2.24, 2.45) is 5.41 Å². The van der Waals surface area contributed by atoms with Crippen LogP contribution in [0.15, 0.2) is 16.3 Å². The predicted molar refractivity (Wildman–Crippen MR) is 88.1 cm³/mol. The fraction of sp³-hybridized carbons (Fsp3) is 0.733. The van der Waals surface area contributed by atoms with E-state index in [1.807, 2.05) is 0 Å². The monoisotopic (exact) mass is 330 g/mol. The molecule has 6 heteroatoms. The van der Waals surface area contributed by atoms with Crippen LogP contribution in [0.1, 0.15) is 51.3 Å². The smallest absolute Gasteiger partial charge is 0.241 e. The first-order valence-corrected chi connectivity index (χ1v) is 9.99. The third-order valence-electron chi connectivity index (χ3n) is 3.96. The van der Waals surface area contributed by atoms with E-state index in [9.17, 15) is 8.42 Å². The van der Waals surface area contributed by atoms with Crippen LogP contribution >= 0.6 is 11.3 Å². The molecule has 1 atom stereocenters. The van der Waals surface area contributed by atoms with Crippen LogP contribution in [-0.4, -0.2) is 21.0 Å². The molecule has 120 valence electrons. The van der Waals surface area contributed by atoms with Gasteiger partial charge in [-0.1, -0.05) is 20.8 Å². The Kier molecular flexibility index (Phi) is 5.46. The van der Waals surface area contributed by atoms with E-state index in [1.165, 1.54) is 11.3 Å². The van der Waals surface area contributed by atoms with Crippen molar-refractivity contribution in [1.29, 1.82) is 0 Å². The molecular formula is C15H26N2O2S2. The Morgan fingerprint density at radius 3 is 2.81 bits per heavy atom. The molecule has 4 nitrogen and oxygen atoms in total.